The molecule has 5 N–H and O–H groups in total. The summed E-state index contributed by atoms with van der Waals surface area (Å²) in [6.45, 7) is 11.7. The van der Waals surface area contributed by atoms with Crippen molar-refractivity contribution in [2.75, 3.05) is 6.54 Å². The Morgan fingerprint density at radius 2 is 1.66 bits per heavy atom. The van der Waals surface area contributed by atoms with Gasteiger partial charge in [-0.25, -0.2) is 4.79 Å². The van der Waals surface area contributed by atoms with Crippen LogP contribution in [0.5, 0.6) is 0 Å². The van der Waals surface area contributed by atoms with E-state index in [9.17, 15) is 14.4 Å². The van der Waals surface area contributed by atoms with Crippen LogP contribution in [0.15, 0.2) is 30.3 Å². The van der Waals surface area contributed by atoms with Crippen LogP contribution < -0.4 is 21.7 Å². The predicted octanol–water partition coefficient (Wildman–Crippen LogP) is 2.51. The first-order valence-electron chi connectivity index (χ1n) is 11.2. The average Bonchev–Trinajstić information content (AvgIpc) is 2.66. The highest BCUT2D eigenvalue weighted by molar-refractivity contribution is 5.87. The molecule has 0 saturated heterocycles. The molecule has 3 unspecified atom stereocenters. The summed E-state index contributed by atoms with van der Waals surface area (Å²) in [6.07, 6.45) is 0.679. The summed E-state index contributed by atoms with van der Waals surface area (Å²) in [5, 5.41) is 8.30. The number of carbonyl (C=O) groups is 3. The quantitative estimate of drug-likeness (QED) is 0.414. The van der Waals surface area contributed by atoms with E-state index in [2.05, 4.69) is 29.8 Å². The molecule has 0 heterocycles. The van der Waals surface area contributed by atoms with Crippen LogP contribution in [-0.4, -0.2) is 48.2 Å². The molecule has 0 aromatic heterocycles. The average molecular weight is 449 g/mol. The first kappa shape index (κ1) is 27.4. The van der Waals surface area contributed by atoms with Crippen LogP contribution in [0.4, 0.5) is 4.79 Å². The van der Waals surface area contributed by atoms with Gasteiger partial charge in [0, 0.05) is 19.0 Å². The van der Waals surface area contributed by atoms with Gasteiger partial charge in [-0.05, 0) is 52.0 Å². The standard InChI is InChI=1S/C24H40N4O4/c1-16(2)12-13-26-22(30)17(3)27-21(29)15-19(25)20(14-18-10-8-7-9-11-18)28-23(31)32-24(4,5)6/h7-11,16-17,19-20H,12-15,25H2,1-6H3,(H,26,30)(H,27,29)(H,28,31). The molecule has 0 radical (unpaired) electrons. The smallest absolute Gasteiger partial charge is 0.407 e. The maximum Gasteiger partial charge on any atom is 0.407 e. The summed E-state index contributed by atoms with van der Waals surface area (Å²) >= 11 is 0. The number of carbonyl (C=O) groups excluding carboxylic acids is 3. The van der Waals surface area contributed by atoms with Gasteiger partial charge in [-0.1, -0.05) is 44.2 Å². The first-order valence-corrected chi connectivity index (χ1v) is 11.2. The molecule has 8 nitrogen and oxygen atoms in total. The third kappa shape index (κ3) is 11.7. The molecule has 0 bridgehead atoms. The second kappa shape index (κ2) is 13.1. The molecule has 3 amide bonds. The van der Waals surface area contributed by atoms with Gasteiger partial charge in [0.2, 0.25) is 11.8 Å². The third-order valence-corrected chi connectivity index (χ3v) is 4.73. The van der Waals surface area contributed by atoms with Gasteiger partial charge in [0.15, 0.2) is 0 Å². The molecular weight excluding hydrogens is 408 g/mol. The lowest BCUT2D eigenvalue weighted by atomic mass is 9.97. The van der Waals surface area contributed by atoms with Crippen LogP contribution in [0.25, 0.3) is 0 Å². The molecule has 8 heteroatoms. The maximum absolute atomic E-state index is 12.5. The summed E-state index contributed by atoms with van der Waals surface area (Å²) in [5.41, 5.74) is 6.64. The largest absolute Gasteiger partial charge is 0.444 e. The lowest BCUT2D eigenvalue weighted by Gasteiger charge is -2.27. The van der Waals surface area contributed by atoms with Crippen LogP contribution in [0.3, 0.4) is 0 Å². The van der Waals surface area contributed by atoms with Crippen molar-refractivity contribution in [1.82, 2.24) is 16.0 Å². The molecule has 0 fully saturated rings. The highest BCUT2D eigenvalue weighted by Crippen LogP contribution is 2.11. The van der Waals surface area contributed by atoms with Crippen LogP contribution in [0.1, 0.15) is 59.9 Å². The molecule has 1 aromatic carbocycles. The van der Waals surface area contributed by atoms with Gasteiger partial charge in [0.25, 0.3) is 0 Å². The van der Waals surface area contributed by atoms with Crippen molar-refractivity contribution in [1.29, 1.82) is 0 Å². The molecule has 0 saturated carbocycles. The maximum atomic E-state index is 12.5. The zero-order chi connectivity index (χ0) is 24.3. The van der Waals surface area contributed by atoms with Crippen LogP contribution in [-0.2, 0) is 20.7 Å². The number of alkyl carbamates (subject to hydrolysis) is 1. The Hall–Kier alpha value is -2.61. The molecule has 0 aliphatic rings. The molecular formula is C24H40N4O4. The minimum absolute atomic E-state index is 0.0447. The zero-order valence-electron chi connectivity index (χ0n) is 20.2. The van der Waals surface area contributed by atoms with E-state index in [4.69, 9.17) is 10.5 Å². The van der Waals surface area contributed by atoms with Gasteiger partial charge < -0.3 is 26.4 Å². The molecule has 0 aliphatic heterocycles. The summed E-state index contributed by atoms with van der Waals surface area (Å²) in [7, 11) is 0. The lowest BCUT2D eigenvalue weighted by Crippen LogP contribution is -2.53. The van der Waals surface area contributed by atoms with E-state index in [-0.39, 0.29) is 18.2 Å². The lowest BCUT2D eigenvalue weighted by molar-refractivity contribution is -0.128. The van der Waals surface area contributed by atoms with Crippen molar-refractivity contribution in [3.8, 4) is 0 Å². The predicted molar refractivity (Wildman–Crippen MR) is 126 cm³/mol. The highest BCUT2D eigenvalue weighted by atomic mass is 16.6. The van der Waals surface area contributed by atoms with Crippen molar-refractivity contribution in [3.05, 3.63) is 35.9 Å². The second-order valence-electron chi connectivity index (χ2n) is 9.57. The Bertz CT molecular complexity index is 731. The Morgan fingerprint density at radius 3 is 2.22 bits per heavy atom. The summed E-state index contributed by atoms with van der Waals surface area (Å²) in [4.78, 5) is 37.0. The Kier molecular flexibility index (Phi) is 11.2. The number of nitrogens with one attached hydrogen (secondary N) is 3. The topological polar surface area (TPSA) is 123 Å². The first-order chi connectivity index (χ1) is 14.9. The Labute approximate surface area is 192 Å². The summed E-state index contributed by atoms with van der Waals surface area (Å²) < 4.78 is 5.35. The van der Waals surface area contributed by atoms with Gasteiger partial charge in [0.1, 0.15) is 11.6 Å². The fraction of sp³-hybridized carbons (Fsp3) is 0.625. The van der Waals surface area contributed by atoms with Crippen molar-refractivity contribution >= 4 is 17.9 Å². The Morgan fingerprint density at radius 1 is 1.03 bits per heavy atom. The Balaban J connectivity index is 2.70. The second-order valence-corrected chi connectivity index (χ2v) is 9.57. The van der Waals surface area contributed by atoms with E-state index >= 15 is 0 Å². The minimum Gasteiger partial charge on any atom is -0.444 e. The fourth-order valence-corrected chi connectivity index (χ4v) is 3.00. The van der Waals surface area contributed by atoms with Crippen LogP contribution in [0, 0.1) is 5.92 Å². The van der Waals surface area contributed by atoms with Gasteiger partial charge >= 0.3 is 6.09 Å². The van der Waals surface area contributed by atoms with Crippen molar-refractivity contribution in [2.24, 2.45) is 11.7 Å². The van der Waals surface area contributed by atoms with Gasteiger partial charge in [-0.2, -0.15) is 0 Å². The number of hydrogen-bond donors (Lipinski definition) is 4. The van der Waals surface area contributed by atoms with Crippen LogP contribution >= 0.6 is 0 Å². The summed E-state index contributed by atoms with van der Waals surface area (Å²) in [6, 6.07) is 7.71. The van der Waals surface area contributed by atoms with Crippen LogP contribution in [0.2, 0.25) is 0 Å². The SMILES string of the molecule is CC(C)CCNC(=O)C(C)NC(=O)CC(N)C(Cc1ccccc1)NC(=O)OC(C)(C)C. The minimum atomic E-state index is -0.673. The molecule has 0 spiro atoms. The number of benzene rings is 1. The van der Waals surface area contributed by atoms with E-state index in [1.165, 1.54) is 0 Å². The van der Waals surface area contributed by atoms with E-state index in [0.717, 1.165) is 12.0 Å². The van der Waals surface area contributed by atoms with E-state index < -0.39 is 29.8 Å². The van der Waals surface area contributed by atoms with Crippen molar-refractivity contribution in [2.45, 2.75) is 84.5 Å². The monoisotopic (exact) mass is 448 g/mol. The normalized spacial score (nSPS) is 14.2. The number of ether oxygens (including phenoxy) is 1. The highest BCUT2D eigenvalue weighted by Gasteiger charge is 2.26. The molecule has 1 rings (SSSR count). The van der Waals surface area contributed by atoms with Gasteiger partial charge in [0.05, 0.1) is 6.04 Å². The van der Waals surface area contributed by atoms with E-state index in [0.29, 0.717) is 18.9 Å². The molecule has 3 atom stereocenters. The zero-order valence-corrected chi connectivity index (χ0v) is 20.2. The number of hydrogen-bond acceptors (Lipinski definition) is 5. The molecule has 32 heavy (non-hydrogen) atoms. The van der Waals surface area contributed by atoms with Crippen molar-refractivity contribution < 1.29 is 19.1 Å². The number of amides is 3. The molecule has 1 aromatic rings. The third-order valence-electron chi connectivity index (χ3n) is 4.73. The van der Waals surface area contributed by atoms with Gasteiger partial charge in [-0.3, -0.25) is 9.59 Å². The van der Waals surface area contributed by atoms with E-state index in [1.54, 1.807) is 27.7 Å². The fourth-order valence-electron chi connectivity index (χ4n) is 3.00. The van der Waals surface area contributed by atoms with Crippen molar-refractivity contribution in [3.63, 3.8) is 0 Å². The molecule has 180 valence electrons. The number of rotatable bonds is 11. The van der Waals surface area contributed by atoms with E-state index in [1.807, 2.05) is 30.3 Å². The van der Waals surface area contributed by atoms with Gasteiger partial charge in [-0.15, -0.1) is 0 Å². The molecule has 0 aliphatic carbocycles. The summed E-state index contributed by atoms with van der Waals surface area (Å²) in [5.74, 6) is -0.106. The number of nitrogens with two attached hydrogens (primary N) is 1.